The third-order valence-corrected chi connectivity index (χ3v) is 5.89. The molecule has 0 amide bonds. The molecule has 0 aromatic heterocycles. The van der Waals surface area contributed by atoms with Crippen LogP contribution >= 0.6 is 0 Å². The fourth-order valence-electron chi connectivity index (χ4n) is 3.83. The first-order valence-corrected chi connectivity index (χ1v) is 13.8. The number of carbonyl (C=O) groups is 2. The van der Waals surface area contributed by atoms with Crippen LogP contribution in [0.2, 0.25) is 0 Å². The van der Waals surface area contributed by atoms with E-state index in [0.717, 1.165) is 45.1 Å². The normalized spacial score (nSPS) is 11.2. The van der Waals surface area contributed by atoms with Gasteiger partial charge in [-0.1, -0.05) is 78.1 Å². The summed E-state index contributed by atoms with van der Waals surface area (Å²) in [5.41, 5.74) is 0. The average molecular weight is 472 g/mol. The number of ether oxygens (including phenoxy) is 2. The van der Waals surface area contributed by atoms with Crippen LogP contribution in [0.15, 0.2) is 0 Å². The van der Waals surface area contributed by atoms with Gasteiger partial charge in [0.15, 0.2) is 0 Å². The molecular weight excluding hydrogens is 418 g/mol. The van der Waals surface area contributed by atoms with Gasteiger partial charge < -0.3 is 19.9 Å². The molecule has 0 spiro atoms. The molecule has 33 heavy (non-hydrogen) atoms. The van der Waals surface area contributed by atoms with Gasteiger partial charge >= 0.3 is 11.9 Å². The van der Waals surface area contributed by atoms with Crippen LogP contribution in [0.3, 0.4) is 0 Å². The van der Waals surface area contributed by atoms with Crippen LogP contribution in [0.4, 0.5) is 0 Å². The molecule has 6 nitrogen and oxygen atoms in total. The number of nitrogens with one attached hydrogen (secondary N) is 1. The molecule has 0 heterocycles. The van der Waals surface area contributed by atoms with E-state index in [4.69, 9.17) is 14.6 Å². The van der Waals surface area contributed by atoms with Crippen molar-refractivity contribution in [1.29, 1.82) is 0 Å². The number of aliphatic hydroxyl groups excluding tert-OH is 1. The van der Waals surface area contributed by atoms with E-state index in [1.54, 1.807) is 0 Å². The van der Waals surface area contributed by atoms with Crippen molar-refractivity contribution in [2.75, 3.05) is 26.3 Å². The molecule has 0 aliphatic rings. The lowest BCUT2D eigenvalue weighted by Gasteiger charge is -2.18. The molecule has 0 rings (SSSR count). The van der Waals surface area contributed by atoms with Crippen molar-refractivity contribution in [3.05, 3.63) is 0 Å². The third-order valence-electron chi connectivity index (χ3n) is 5.89. The maximum Gasteiger partial charge on any atom is 0.306 e. The molecule has 0 saturated carbocycles. The smallest absolute Gasteiger partial charge is 0.306 e. The molecule has 0 fully saturated rings. The Labute approximate surface area is 203 Å². The zero-order valence-electron chi connectivity index (χ0n) is 21.7. The van der Waals surface area contributed by atoms with E-state index in [1.165, 1.54) is 64.2 Å². The van der Waals surface area contributed by atoms with Crippen LogP contribution in [-0.4, -0.2) is 49.5 Å². The summed E-state index contributed by atoms with van der Waals surface area (Å²) in [4.78, 5) is 24.2. The SMILES string of the molecule is CCCCCCCCC(CCCCCCCC)OC(=O)CCC(=O)OCCCCNCCO. The lowest BCUT2D eigenvalue weighted by atomic mass is 10.0. The van der Waals surface area contributed by atoms with Gasteiger partial charge in [-0.2, -0.15) is 0 Å². The first kappa shape index (κ1) is 31.9. The number of esters is 2. The summed E-state index contributed by atoms with van der Waals surface area (Å²) < 4.78 is 11.0. The highest BCUT2D eigenvalue weighted by atomic mass is 16.5. The van der Waals surface area contributed by atoms with Crippen molar-refractivity contribution in [2.24, 2.45) is 0 Å². The van der Waals surface area contributed by atoms with Gasteiger partial charge in [-0.05, 0) is 45.1 Å². The van der Waals surface area contributed by atoms with E-state index in [0.29, 0.717) is 13.2 Å². The number of aliphatic hydroxyl groups is 1. The molecule has 2 N–H and O–H groups in total. The maximum absolute atomic E-state index is 12.3. The van der Waals surface area contributed by atoms with Crippen LogP contribution in [0, 0.1) is 0 Å². The van der Waals surface area contributed by atoms with Crippen LogP contribution in [0.1, 0.15) is 129 Å². The van der Waals surface area contributed by atoms with Crippen molar-refractivity contribution in [2.45, 2.75) is 136 Å². The van der Waals surface area contributed by atoms with E-state index < -0.39 is 0 Å². The zero-order valence-corrected chi connectivity index (χ0v) is 21.7. The highest BCUT2D eigenvalue weighted by Gasteiger charge is 2.16. The molecule has 0 saturated heterocycles. The minimum absolute atomic E-state index is 0.0164. The number of hydrogen-bond acceptors (Lipinski definition) is 6. The molecule has 0 aliphatic carbocycles. The first-order valence-electron chi connectivity index (χ1n) is 13.8. The van der Waals surface area contributed by atoms with Gasteiger partial charge in [-0.3, -0.25) is 9.59 Å². The van der Waals surface area contributed by atoms with E-state index in [-0.39, 0.29) is 37.5 Å². The fourth-order valence-corrected chi connectivity index (χ4v) is 3.83. The number of carbonyl (C=O) groups excluding carboxylic acids is 2. The Morgan fingerprint density at radius 1 is 0.697 bits per heavy atom. The lowest BCUT2D eigenvalue weighted by Crippen LogP contribution is -2.20. The molecule has 0 aromatic rings. The zero-order chi connectivity index (χ0) is 24.4. The van der Waals surface area contributed by atoms with Gasteiger partial charge in [0, 0.05) is 6.54 Å². The summed E-state index contributed by atoms with van der Waals surface area (Å²) in [5, 5.41) is 11.8. The minimum atomic E-state index is -0.335. The summed E-state index contributed by atoms with van der Waals surface area (Å²) >= 11 is 0. The second-order valence-electron chi connectivity index (χ2n) is 9.13. The largest absolute Gasteiger partial charge is 0.466 e. The van der Waals surface area contributed by atoms with Crippen molar-refractivity contribution >= 4 is 11.9 Å². The van der Waals surface area contributed by atoms with E-state index in [1.807, 2.05) is 0 Å². The maximum atomic E-state index is 12.3. The molecular formula is C27H53NO5. The molecule has 0 bridgehead atoms. The summed E-state index contributed by atoms with van der Waals surface area (Å²) in [6.07, 6.45) is 18.5. The van der Waals surface area contributed by atoms with Crippen molar-refractivity contribution in [1.82, 2.24) is 5.32 Å². The van der Waals surface area contributed by atoms with Gasteiger partial charge in [0.2, 0.25) is 0 Å². The first-order chi connectivity index (χ1) is 16.1. The predicted molar refractivity (Wildman–Crippen MR) is 135 cm³/mol. The molecule has 0 aliphatic heterocycles. The highest BCUT2D eigenvalue weighted by Crippen LogP contribution is 2.17. The third kappa shape index (κ3) is 23.8. The van der Waals surface area contributed by atoms with E-state index >= 15 is 0 Å². The Morgan fingerprint density at radius 2 is 1.24 bits per heavy atom. The second-order valence-corrected chi connectivity index (χ2v) is 9.13. The molecule has 6 heteroatoms. The van der Waals surface area contributed by atoms with Crippen molar-refractivity contribution < 1.29 is 24.2 Å². The Hall–Kier alpha value is -1.14. The lowest BCUT2D eigenvalue weighted by molar-refractivity contribution is -0.154. The Morgan fingerprint density at radius 3 is 1.82 bits per heavy atom. The number of rotatable bonds is 25. The van der Waals surface area contributed by atoms with E-state index in [2.05, 4.69) is 19.2 Å². The molecule has 0 radical (unpaired) electrons. The summed E-state index contributed by atoms with van der Waals surface area (Å²) in [6.45, 7) is 6.33. The van der Waals surface area contributed by atoms with Crippen LogP contribution in [0.5, 0.6) is 0 Å². The van der Waals surface area contributed by atoms with Gasteiger partial charge in [0.25, 0.3) is 0 Å². The Kier molecular flexibility index (Phi) is 24.6. The fraction of sp³-hybridized carbons (Fsp3) is 0.926. The Bertz CT molecular complexity index is 428. The van der Waals surface area contributed by atoms with Gasteiger partial charge in [0.1, 0.15) is 6.10 Å². The molecule has 196 valence electrons. The standard InChI is InChI=1S/C27H53NO5/c1-3-5-7-9-11-13-17-25(18-14-12-10-8-6-4-2)33-27(31)20-19-26(30)32-24-16-15-21-28-22-23-29/h25,28-29H,3-24H2,1-2H3. The minimum Gasteiger partial charge on any atom is -0.466 e. The second kappa shape index (κ2) is 25.5. The van der Waals surface area contributed by atoms with Crippen LogP contribution in [0.25, 0.3) is 0 Å². The predicted octanol–water partition coefficient (Wildman–Crippen LogP) is 6.08. The highest BCUT2D eigenvalue weighted by molar-refractivity contribution is 5.77. The average Bonchev–Trinajstić information content (AvgIpc) is 2.81. The number of hydrogen-bond donors (Lipinski definition) is 2. The van der Waals surface area contributed by atoms with E-state index in [9.17, 15) is 9.59 Å². The van der Waals surface area contributed by atoms with Gasteiger partial charge in [0.05, 0.1) is 26.1 Å². The molecule has 0 atom stereocenters. The Balaban J connectivity index is 4.08. The van der Waals surface area contributed by atoms with Crippen molar-refractivity contribution in [3.63, 3.8) is 0 Å². The van der Waals surface area contributed by atoms with Gasteiger partial charge in [-0.15, -0.1) is 0 Å². The van der Waals surface area contributed by atoms with Gasteiger partial charge in [-0.25, -0.2) is 0 Å². The molecule has 0 aromatic carbocycles. The quantitative estimate of drug-likeness (QED) is 0.124. The summed E-state index contributed by atoms with van der Waals surface area (Å²) in [5.74, 6) is -0.610. The number of unbranched alkanes of at least 4 members (excludes halogenated alkanes) is 11. The molecule has 0 unspecified atom stereocenters. The summed E-state index contributed by atoms with van der Waals surface area (Å²) in [6, 6.07) is 0. The van der Waals surface area contributed by atoms with Crippen molar-refractivity contribution in [3.8, 4) is 0 Å². The summed E-state index contributed by atoms with van der Waals surface area (Å²) in [7, 11) is 0. The van der Waals surface area contributed by atoms with Crippen LogP contribution in [-0.2, 0) is 19.1 Å². The topological polar surface area (TPSA) is 84.9 Å². The monoisotopic (exact) mass is 471 g/mol. The van der Waals surface area contributed by atoms with Crippen LogP contribution < -0.4 is 5.32 Å².